The Hall–Kier alpha value is -0.660. The third-order valence-corrected chi connectivity index (χ3v) is 4.68. The molecule has 0 aromatic carbocycles. The molecule has 0 aromatic rings. The van der Waals surface area contributed by atoms with Gasteiger partial charge in [0, 0.05) is 19.2 Å². The van der Waals surface area contributed by atoms with Gasteiger partial charge in [-0.05, 0) is 20.4 Å². The van der Waals surface area contributed by atoms with Crippen LogP contribution in [0, 0.1) is 0 Å². The number of carbonyl (C=O) groups is 1. The molecule has 1 fully saturated rings. The Labute approximate surface area is 101 Å². The molecule has 1 saturated heterocycles. The van der Waals surface area contributed by atoms with Crippen molar-refractivity contribution in [3.05, 3.63) is 0 Å². The molecule has 2 unspecified atom stereocenters. The number of rotatable bonds is 6. The highest BCUT2D eigenvalue weighted by atomic mass is 32.2. The van der Waals surface area contributed by atoms with Gasteiger partial charge in [-0.2, -0.15) is 0 Å². The zero-order valence-electron chi connectivity index (χ0n) is 10.1. The summed E-state index contributed by atoms with van der Waals surface area (Å²) in [6.07, 6.45) is -0.328. The van der Waals surface area contributed by atoms with Crippen molar-refractivity contribution in [2.75, 3.05) is 31.7 Å². The average molecular weight is 265 g/mol. The normalized spacial score (nSPS) is 25.0. The molecule has 1 heterocycles. The molecule has 17 heavy (non-hydrogen) atoms. The zero-order valence-corrected chi connectivity index (χ0v) is 10.9. The van der Waals surface area contributed by atoms with Crippen LogP contribution in [0.2, 0.25) is 0 Å². The number of sulfone groups is 1. The quantitative estimate of drug-likeness (QED) is 0.703. The number of likely N-dealkylation sites (N-methyl/N-ethyl adjacent to an activating group) is 1. The largest absolute Gasteiger partial charge is 0.479 e. The fourth-order valence-corrected chi connectivity index (χ4v) is 3.74. The lowest BCUT2D eigenvalue weighted by Gasteiger charge is -2.25. The Morgan fingerprint density at radius 1 is 1.59 bits per heavy atom. The predicted octanol–water partition coefficient (Wildman–Crippen LogP) is -0.405. The maximum atomic E-state index is 11.3. The van der Waals surface area contributed by atoms with E-state index in [1.165, 1.54) is 0 Å². The lowest BCUT2D eigenvalue weighted by atomic mass is 10.2. The van der Waals surface area contributed by atoms with Gasteiger partial charge in [0.25, 0.3) is 0 Å². The smallest absolute Gasteiger partial charge is 0.334 e. The van der Waals surface area contributed by atoms with Crippen LogP contribution in [0.3, 0.4) is 0 Å². The first-order valence-electron chi connectivity index (χ1n) is 5.60. The van der Waals surface area contributed by atoms with Gasteiger partial charge in [-0.3, -0.25) is 4.90 Å². The maximum absolute atomic E-state index is 11.3. The molecule has 0 bridgehead atoms. The summed E-state index contributed by atoms with van der Waals surface area (Å²) in [5.74, 6) is -0.712. The van der Waals surface area contributed by atoms with Crippen molar-refractivity contribution in [1.29, 1.82) is 0 Å². The maximum Gasteiger partial charge on any atom is 0.334 e. The van der Waals surface area contributed by atoms with Gasteiger partial charge in [0.2, 0.25) is 0 Å². The SMILES string of the molecule is CCOC(CN(C)C1CCS(=O)(=O)C1)C(=O)O. The molecule has 6 nitrogen and oxygen atoms in total. The molecule has 1 aliphatic rings. The van der Waals surface area contributed by atoms with Gasteiger partial charge >= 0.3 is 5.97 Å². The Morgan fingerprint density at radius 2 is 2.24 bits per heavy atom. The molecule has 100 valence electrons. The van der Waals surface area contributed by atoms with Crippen molar-refractivity contribution >= 4 is 15.8 Å². The average Bonchev–Trinajstić information content (AvgIpc) is 2.58. The van der Waals surface area contributed by atoms with Gasteiger partial charge in [0.05, 0.1) is 11.5 Å². The molecule has 0 saturated carbocycles. The lowest BCUT2D eigenvalue weighted by molar-refractivity contribution is -0.151. The van der Waals surface area contributed by atoms with Crippen LogP contribution in [0.15, 0.2) is 0 Å². The van der Waals surface area contributed by atoms with Crippen LogP contribution in [0.25, 0.3) is 0 Å². The third kappa shape index (κ3) is 4.25. The van der Waals surface area contributed by atoms with Gasteiger partial charge in [-0.25, -0.2) is 13.2 Å². The van der Waals surface area contributed by atoms with E-state index < -0.39 is 21.9 Å². The highest BCUT2D eigenvalue weighted by Gasteiger charge is 2.32. The van der Waals surface area contributed by atoms with E-state index in [4.69, 9.17) is 9.84 Å². The Kier molecular flexibility index (Phi) is 4.91. The highest BCUT2D eigenvalue weighted by molar-refractivity contribution is 7.91. The summed E-state index contributed by atoms with van der Waals surface area (Å²) < 4.78 is 27.7. The second-order valence-electron chi connectivity index (χ2n) is 4.28. The predicted molar refractivity (Wildman–Crippen MR) is 62.7 cm³/mol. The molecule has 2 atom stereocenters. The molecule has 0 spiro atoms. The molecule has 0 amide bonds. The fraction of sp³-hybridized carbons (Fsp3) is 0.900. The van der Waals surface area contributed by atoms with Crippen molar-refractivity contribution in [3.63, 3.8) is 0 Å². The molecule has 0 aliphatic carbocycles. The topological polar surface area (TPSA) is 83.9 Å². The highest BCUT2D eigenvalue weighted by Crippen LogP contribution is 2.17. The van der Waals surface area contributed by atoms with Gasteiger partial charge in [0.15, 0.2) is 15.9 Å². The lowest BCUT2D eigenvalue weighted by Crippen LogP contribution is -2.42. The summed E-state index contributed by atoms with van der Waals surface area (Å²) in [6, 6.07) is -0.0951. The first kappa shape index (κ1) is 14.4. The second kappa shape index (κ2) is 5.79. The van der Waals surface area contributed by atoms with Crippen molar-refractivity contribution in [3.8, 4) is 0 Å². The van der Waals surface area contributed by atoms with Crippen LogP contribution < -0.4 is 0 Å². The summed E-state index contributed by atoms with van der Waals surface area (Å²) in [7, 11) is -1.20. The van der Waals surface area contributed by atoms with E-state index in [0.717, 1.165) is 0 Å². The number of aliphatic carboxylic acids is 1. The van der Waals surface area contributed by atoms with Crippen LogP contribution in [0.4, 0.5) is 0 Å². The molecular formula is C10H19NO5S. The number of carboxylic acid groups (broad SMARTS) is 1. The van der Waals surface area contributed by atoms with Crippen molar-refractivity contribution in [2.24, 2.45) is 0 Å². The molecule has 0 radical (unpaired) electrons. The molecule has 1 aliphatic heterocycles. The number of carboxylic acids is 1. The van der Waals surface area contributed by atoms with Crippen LogP contribution in [0.1, 0.15) is 13.3 Å². The van der Waals surface area contributed by atoms with E-state index in [9.17, 15) is 13.2 Å². The van der Waals surface area contributed by atoms with Crippen LogP contribution in [0.5, 0.6) is 0 Å². The summed E-state index contributed by atoms with van der Waals surface area (Å²) in [5, 5.41) is 8.93. The Bertz CT molecular complexity index is 367. The van der Waals surface area contributed by atoms with Crippen LogP contribution in [-0.4, -0.2) is 68.2 Å². The Morgan fingerprint density at radius 3 is 2.65 bits per heavy atom. The van der Waals surface area contributed by atoms with Crippen LogP contribution >= 0.6 is 0 Å². The van der Waals surface area contributed by atoms with E-state index >= 15 is 0 Å². The van der Waals surface area contributed by atoms with Gasteiger partial charge in [0.1, 0.15) is 0 Å². The number of nitrogens with zero attached hydrogens (tertiary/aromatic N) is 1. The van der Waals surface area contributed by atoms with Crippen molar-refractivity contribution in [1.82, 2.24) is 4.90 Å². The van der Waals surface area contributed by atoms with Gasteiger partial charge in [-0.15, -0.1) is 0 Å². The Balaban J connectivity index is 2.53. The molecule has 7 heteroatoms. The summed E-state index contributed by atoms with van der Waals surface area (Å²) in [5.41, 5.74) is 0. The first-order chi connectivity index (χ1) is 7.85. The summed E-state index contributed by atoms with van der Waals surface area (Å²) in [4.78, 5) is 12.7. The zero-order chi connectivity index (χ0) is 13.1. The van der Waals surface area contributed by atoms with Crippen LogP contribution in [-0.2, 0) is 19.4 Å². The minimum atomic E-state index is -2.94. The minimum Gasteiger partial charge on any atom is -0.479 e. The van der Waals surface area contributed by atoms with E-state index in [1.807, 2.05) is 0 Å². The second-order valence-corrected chi connectivity index (χ2v) is 6.51. The molecule has 1 rings (SSSR count). The van der Waals surface area contributed by atoms with E-state index in [-0.39, 0.29) is 24.1 Å². The fourth-order valence-electron chi connectivity index (χ4n) is 1.94. The number of hydrogen-bond donors (Lipinski definition) is 1. The first-order valence-corrected chi connectivity index (χ1v) is 7.43. The standard InChI is InChI=1S/C10H19NO5S/c1-3-16-9(10(12)13)6-11(2)8-4-5-17(14,15)7-8/h8-9H,3-7H2,1-2H3,(H,12,13). The van der Waals surface area contributed by atoms with Gasteiger partial charge in [-0.1, -0.05) is 0 Å². The van der Waals surface area contributed by atoms with E-state index in [0.29, 0.717) is 13.0 Å². The number of ether oxygens (including phenoxy) is 1. The third-order valence-electron chi connectivity index (χ3n) is 2.93. The van der Waals surface area contributed by atoms with E-state index in [2.05, 4.69) is 0 Å². The van der Waals surface area contributed by atoms with Crippen molar-refractivity contribution in [2.45, 2.75) is 25.5 Å². The minimum absolute atomic E-state index is 0.0951. The van der Waals surface area contributed by atoms with Gasteiger partial charge < -0.3 is 9.84 Å². The van der Waals surface area contributed by atoms with E-state index in [1.54, 1.807) is 18.9 Å². The van der Waals surface area contributed by atoms with Crippen molar-refractivity contribution < 1.29 is 23.1 Å². The monoisotopic (exact) mass is 265 g/mol. The number of hydrogen-bond acceptors (Lipinski definition) is 5. The summed E-state index contributed by atoms with van der Waals surface area (Å²) >= 11 is 0. The molecular weight excluding hydrogens is 246 g/mol. The molecule has 0 aromatic heterocycles. The summed E-state index contributed by atoms with van der Waals surface area (Å²) in [6.45, 7) is 2.27. The molecule has 1 N–H and O–H groups in total.